The lowest BCUT2D eigenvalue weighted by molar-refractivity contribution is -0.0631. The molecular weight excluding hydrogens is 408 g/mol. The van der Waals surface area contributed by atoms with Crippen LogP contribution in [0, 0.1) is 0 Å². The zero-order chi connectivity index (χ0) is 22.9. The normalized spacial score (nSPS) is 18.1. The molecule has 1 atom stereocenters. The maximum atomic E-state index is 12.7. The average molecular weight is 439 g/mol. The standard InChI is InChI=1S/C24H30N4O4/c1-5-31-23(30)18-14-26-28(21(18)15-25-16-10-11-32-24(2,3)13-16)20-12-22(29)27(4)19-9-7-6-8-17(19)20/h6-9,12,14,16,25H,5,10-11,13,15H2,1-4H3/t16-/m1/s1. The Hall–Kier alpha value is -2.97. The molecule has 0 saturated carbocycles. The van der Waals surface area contributed by atoms with E-state index in [4.69, 9.17) is 9.47 Å². The number of esters is 1. The van der Waals surface area contributed by atoms with Gasteiger partial charge in [-0.3, -0.25) is 4.79 Å². The minimum Gasteiger partial charge on any atom is -0.462 e. The summed E-state index contributed by atoms with van der Waals surface area (Å²) in [4.78, 5) is 25.3. The number of ether oxygens (including phenoxy) is 2. The van der Waals surface area contributed by atoms with Crippen molar-refractivity contribution in [2.24, 2.45) is 7.05 Å². The smallest absolute Gasteiger partial charge is 0.341 e. The molecule has 0 amide bonds. The van der Waals surface area contributed by atoms with Gasteiger partial charge in [0.15, 0.2) is 0 Å². The van der Waals surface area contributed by atoms with Crippen LogP contribution in [0.4, 0.5) is 0 Å². The summed E-state index contributed by atoms with van der Waals surface area (Å²) >= 11 is 0. The molecule has 0 bridgehead atoms. The number of hydrogen-bond donors (Lipinski definition) is 1. The molecule has 1 N–H and O–H groups in total. The highest BCUT2D eigenvalue weighted by atomic mass is 16.5. The van der Waals surface area contributed by atoms with Gasteiger partial charge in [0.05, 0.1) is 35.3 Å². The third-order valence-electron chi connectivity index (χ3n) is 5.98. The SMILES string of the molecule is CCOC(=O)c1cnn(-c2cc(=O)n(C)c3ccccc23)c1CN[C@@H]1CCOC(C)(C)C1. The number of aryl methyl sites for hydroxylation is 1. The number of carbonyl (C=O) groups excluding carboxylic acids is 1. The number of aromatic nitrogens is 3. The summed E-state index contributed by atoms with van der Waals surface area (Å²) < 4.78 is 14.4. The van der Waals surface area contributed by atoms with Crippen LogP contribution in [0.5, 0.6) is 0 Å². The molecule has 0 aliphatic carbocycles. The van der Waals surface area contributed by atoms with E-state index in [0.717, 1.165) is 23.7 Å². The van der Waals surface area contributed by atoms with Gasteiger partial charge in [-0.05, 0) is 39.7 Å². The van der Waals surface area contributed by atoms with Crippen LogP contribution in [-0.2, 0) is 23.1 Å². The monoisotopic (exact) mass is 438 g/mol. The average Bonchev–Trinajstić information content (AvgIpc) is 3.18. The van der Waals surface area contributed by atoms with E-state index in [0.29, 0.717) is 30.1 Å². The summed E-state index contributed by atoms with van der Waals surface area (Å²) in [7, 11) is 1.75. The van der Waals surface area contributed by atoms with Crippen molar-refractivity contribution in [3.63, 3.8) is 0 Å². The molecule has 0 unspecified atom stereocenters. The number of hydrogen-bond acceptors (Lipinski definition) is 6. The van der Waals surface area contributed by atoms with Gasteiger partial charge < -0.3 is 19.4 Å². The number of fused-ring (bicyclic) bond motifs is 1. The summed E-state index contributed by atoms with van der Waals surface area (Å²) in [5, 5.41) is 8.95. The van der Waals surface area contributed by atoms with Gasteiger partial charge in [-0.15, -0.1) is 0 Å². The molecule has 1 aromatic carbocycles. The Labute approximate surface area is 187 Å². The van der Waals surface area contributed by atoms with Crippen LogP contribution < -0.4 is 10.9 Å². The van der Waals surface area contributed by atoms with Crippen molar-refractivity contribution in [2.45, 2.75) is 51.8 Å². The molecule has 3 aromatic rings. The van der Waals surface area contributed by atoms with Gasteiger partial charge in [0.2, 0.25) is 0 Å². The Balaban J connectivity index is 1.77. The Morgan fingerprint density at radius 1 is 1.34 bits per heavy atom. The summed E-state index contributed by atoms with van der Waals surface area (Å²) in [6.45, 7) is 7.33. The van der Waals surface area contributed by atoms with Crippen molar-refractivity contribution in [3.8, 4) is 5.69 Å². The molecule has 32 heavy (non-hydrogen) atoms. The summed E-state index contributed by atoms with van der Waals surface area (Å²) in [5.74, 6) is -0.420. The first kappa shape index (κ1) is 22.2. The van der Waals surface area contributed by atoms with Gasteiger partial charge in [0.1, 0.15) is 5.56 Å². The number of pyridine rings is 1. The first-order chi connectivity index (χ1) is 15.3. The zero-order valence-electron chi connectivity index (χ0n) is 19.1. The van der Waals surface area contributed by atoms with Crippen molar-refractivity contribution in [1.82, 2.24) is 19.7 Å². The Bertz CT molecular complexity index is 1190. The predicted octanol–water partition coefficient (Wildman–Crippen LogP) is 2.95. The molecule has 8 nitrogen and oxygen atoms in total. The summed E-state index contributed by atoms with van der Waals surface area (Å²) in [6.07, 6.45) is 3.28. The van der Waals surface area contributed by atoms with Crippen LogP contribution in [0.15, 0.2) is 41.3 Å². The van der Waals surface area contributed by atoms with E-state index in [1.54, 1.807) is 29.3 Å². The van der Waals surface area contributed by atoms with Crippen LogP contribution in [0.1, 0.15) is 49.7 Å². The van der Waals surface area contributed by atoms with Crippen LogP contribution >= 0.6 is 0 Å². The molecule has 1 saturated heterocycles. The van der Waals surface area contributed by atoms with Crippen molar-refractivity contribution in [2.75, 3.05) is 13.2 Å². The number of rotatable bonds is 6. The molecule has 3 heterocycles. The second kappa shape index (κ2) is 8.88. The first-order valence-corrected chi connectivity index (χ1v) is 11.0. The molecular formula is C24H30N4O4. The highest BCUT2D eigenvalue weighted by molar-refractivity contribution is 5.92. The van der Waals surface area contributed by atoms with Gasteiger partial charge >= 0.3 is 5.97 Å². The molecule has 1 aliphatic rings. The van der Waals surface area contributed by atoms with E-state index >= 15 is 0 Å². The van der Waals surface area contributed by atoms with E-state index < -0.39 is 5.97 Å². The highest BCUT2D eigenvalue weighted by Crippen LogP contribution is 2.26. The van der Waals surface area contributed by atoms with Gasteiger partial charge in [0, 0.05) is 37.7 Å². The topological polar surface area (TPSA) is 87.4 Å². The lowest BCUT2D eigenvalue weighted by Crippen LogP contribution is -2.43. The third kappa shape index (κ3) is 4.33. The van der Waals surface area contributed by atoms with Crippen LogP contribution in [0.3, 0.4) is 0 Å². The number of nitrogens with zero attached hydrogens (tertiary/aromatic N) is 3. The van der Waals surface area contributed by atoms with Crippen molar-refractivity contribution >= 4 is 16.9 Å². The van der Waals surface area contributed by atoms with E-state index in [1.807, 2.05) is 24.3 Å². The zero-order valence-corrected chi connectivity index (χ0v) is 19.1. The van der Waals surface area contributed by atoms with Gasteiger partial charge in [-0.25, -0.2) is 9.48 Å². The fraction of sp³-hybridized carbons (Fsp3) is 0.458. The van der Waals surface area contributed by atoms with Gasteiger partial charge in [-0.2, -0.15) is 5.10 Å². The number of para-hydroxylation sites is 1. The number of nitrogens with one attached hydrogen (secondary N) is 1. The molecule has 0 spiro atoms. The highest BCUT2D eigenvalue weighted by Gasteiger charge is 2.29. The fourth-order valence-electron chi connectivity index (χ4n) is 4.35. The lowest BCUT2D eigenvalue weighted by Gasteiger charge is -2.36. The second-order valence-corrected chi connectivity index (χ2v) is 8.76. The minimum absolute atomic E-state index is 0.142. The molecule has 8 heteroatoms. The van der Waals surface area contributed by atoms with Crippen molar-refractivity contribution in [1.29, 1.82) is 0 Å². The van der Waals surface area contributed by atoms with Crippen molar-refractivity contribution in [3.05, 3.63) is 58.1 Å². The predicted molar refractivity (Wildman–Crippen MR) is 122 cm³/mol. The fourth-order valence-corrected chi connectivity index (χ4v) is 4.35. The van der Waals surface area contributed by atoms with Crippen molar-refractivity contribution < 1.29 is 14.3 Å². The third-order valence-corrected chi connectivity index (χ3v) is 5.98. The number of carbonyl (C=O) groups is 1. The molecule has 2 aromatic heterocycles. The van der Waals surface area contributed by atoms with E-state index in [1.165, 1.54) is 6.20 Å². The first-order valence-electron chi connectivity index (χ1n) is 11.0. The van der Waals surface area contributed by atoms with E-state index in [9.17, 15) is 9.59 Å². The minimum atomic E-state index is -0.420. The quantitative estimate of drug-likeness (QED) is 0.596. The Morgan fingerprint density at radius 3 is 2.88 bits per heavy atom. The maximum Gasteiger partial charge on any atom is 0.341 e. The second-order valence-electron chi connectivity index (χ2n) is 8.76. The Morgan fingerprint density at radius 2 is 2.12 bits per heavy atom. The largest absolute Gasteiger partial charge is 0.462 e. The molecule has 1 aliphatic heterocycles. The van der Waals surface area contributed by atoms with E-state index in [2.05, 4.69) is 24.3 Å². The summed E-state index contributed by atoms with van der Waals surface area (Å²) in [6, 6.07) is 9.48. The molecule has 0 radical (unpaired) electrons. The Kier molecular flexibility index (Phi) is 6.17. The van der Waals surface area contributed by atoms with E-state index in [-0.39, 0.29) is 23.8 Å². The lowest BCUT2D eigenvalue weighted by atomic mass is 9.94. The molecule has 170 valence electrons. The maximum absolute atomic E-state index is 12.7. The molecule has 4 rings (SSSR count). The van der Waals surface area contributed by atoms with Crippen LogP contribution in [0.2, 0.25) is 0 Å². The van der Waals surface area contributed by atoms with Gasteiger partial charge in [-0.1, -0.05) is 18.2 Å². The number of benzene rings is 1. The van der Waals surface area contributed by atoms with Gasteiger partial charge in [0.25, 0.3) is 5.56 Å². The van der Waals surface area contributed by atoms with Crippen LogP contribution in [-0.4, -0.2) is 45.2 Å². The molecule has 1 fully saturated rings. The summed E-state index contributed by atoms with van der Waals surface area (Å²) in [5.41, 5.74) is 2.18. The van der Waals surface area contributed by atoms with Crippen LogP contribution in [0.25, 0.3) is 16.6 Å².